The molecule has 1 aromatic heterocycles. The zero-order valence-electron chi connectivity index (χ0n) is 20.0. The molecule has 2 aliphatic rings. The fourth-order valence-corrected chi connectivity index (χ4v) is 4.76. The average Bonchev–Trinajstić information content (AvgIpc) is 3.19. The summed E-state index contributed by atoms with van der Waals surface area (Å²) in [7, 11) is 0. The highest BCUT2D eigenvalue weighted by Gasteiger charge is 2.46. The van der Waals surface area contributed by atoms with Crippen LogP contribution in [0.4, 0.5) is 13.2 Å². The molecular formula is C26H30F3N3O3. The molecule has 1 N–H and O–H groups in total. The molecule has 2 aromatic rings. The number of nitrogens with zero attached hydrogens (tertiary/aromatic N) is 3. The number of rotatable bonds is 6. The molecule has 0 aliphatic carbocycles. The highest BCUT2D eigenvalue weighted by molar-refractivity contribution is 6.02. The fraction of sp³-hybridized carbons (Fsp3) is 0.500. The van der Waals surface area contributed by atoms with Crippen LogP contribution < -0.4 is 0 Å². The van der Waals surface area contributed by atoms with Gasteiger partial charge in [0.1, 0.15) is 11.6 Å². The second-order valence-corrected chi connectivity index (χ2v) is 9.89. The molecular weight excluding hydrogens is 459 g/mol. The maximum absolute atomic E-state index is 13.3. The van der Waals surface area contributed by atoms with Crippen LogP contribution in [-0.2, 0) is 22.5 Å². The summed E-state index contributed by atoms with van der Waals surface area (Å²) < 4.78 is 44.9. The molecule has 4 rings (SSSR count). The number of Topliss-reactive ketones (excluding diaryl/α,β-unsaturated/α-hetero) is 1. The second kappa shape index (κ2) is 9.70. The lowest BCUT2D eigenvalue weighted by Crippen LogP contribution is -2.54. The SMILES string of the molecule is C[C@H]1CN(C2=NCc3cc(CC(=O)C[C@@H](c4ccccc4)C(C)(C)O)ncc32)C[C@H](C(F)(F)F)O1. The molecule has 0 unspecified atom stereocenters. The number of ketones is 1. The zero-order valence-corrected chi connectivity index (χ0v) is 20.0. The molecule has 1 saturated heterocycles. The van der Waals surface area contributed by atoms with Crippen LogP contribution in [0.2, 0.25) is 0 Å². The molecule has 2 aliphatic heterocycles. The van der Waals surface area contributed by atoms with Crippen LogP contribution in [0, 0.1) is 0 Å². The number of pyridine rings is 1. The van der Waals surface area contributed by atoms with Crippen molar-refractivity contribution >= 4 is 11.6 Å². The van der Waals surface area contributed by atoms with Gasteiger partial charge in [-0.3, -0.25) is 14.8 Å². The van der Waals surface area contributed by atoms with E-state index in [9.17, 15) is 23.1 Å². The first-order valence-electron chi connectivity index (χ1n) is 11.7. The number of aliphatic hydroxyl groups is 1. The number of hydrogen-bond donors (Lipinski definition) is 1. The summed E-state index contributed by atoms with van der Waals surface area (Å²) in [6.07, 6.45) is -5.03. The van der Waals surface area contributed by atoms with E-state index in [-0.39, 0.29) is 31.1 Å². The normalized spacial score (nSPS) is 21.5. The minimum absolute atomic E-state index is 0.0532. The number of fused-ring (bicyclic) bond motifs is 1. The van der Waals surface area contributed by atoms with Gasteiger partial charge in [0.25, 0.3) is 0 Å². The quantitative estimate of drug-likeness (QED) is 0.663. The lowest BCUT2D eigenvalue weighted by molar-refractivity contribution is -0.246. The van der Waals surface area contributed by atoms with E-state index < -0.39 is 24.0 Å². The summed E-state index contributed by atoms with van der Waals surface area (Å²) in [5, 5.41) is 10.6. The van der Waals surface area contributed by atoms with Gasteiger partial charge in [0.05, 0.1) is 24.8 Å². The summed E-state index contributed by atoms with van der Waals surface area (Å²) in [6, 6.07) is 11.3. The van der Waals surface area contributed by atoms with Gasteiger partial charge in [-0.25, -0.2) is 0 Å². The van der Waals surface area contributed by atoms with Gasteiger partial charge >= 0.3 is 6.18 Å². The van der Waals surface area contributed by atoms with Crippen molar-refractivity contribution in [3.63, 3.8) is 0 Å². The molecule has 0 amide bonds. The molecule has 1 fully saturated rings. The summed E-state index contributed by atoms with van der Waals surface area (Å²) >= 11 is 0. The van der Waals surface area contributed by atoms with Crippen molar-refractivity contribution in [2.45, 2.75) is 70.1 Å². The van der Waals surface area contributed by atoms with E-state index in [0.717, 1.165) is 11.1 Å². The third kappa shape index (κ3) is 5.90. The van der Waals surface area contributed by atoms with Crippen LogP contribution in [0.1, 0.15) is 55.5 Å². The number of benzene rings is 1. The van der Waals surface area contributed by atoms with Crippen molar-refractivity contribution < 1.29 is 27.8 Å². The molecule has 6 nitrogen and oxygen atoms in total. The molecule has 0 saturated carbocycles. The van der Waals surface area contributed by atoms with E-state index in [1.165, 1.54) is 0 Å². The van der Waals surface area contributed by atoms with Gasteiger partial charge in [0.15, 0.2) is 6.10 Å². The van der Waals surface area contributed by atoms with E-state index >= 15 is 0 Å². The van der Waals surface area contributed by atoms with Crippen LogP contribution in [0.5, 0.6) is 0 Å². The number of carbonyl (C=O) groups is 1. The Morgan fingerprint density at radius 3 is 2.60 bits per heavy atom. The molecule has 3 heterocycles. The summed E-state index contributed by atoms with van der Waals surface area (Å²) in [4.78, 5) is 23.4. The van der Waals surface area contributed by atoms with Crippen LogP contribution in [0.15, 0.2) is 47.6 Å². The number of alkyl halides is 3. The van der Waals surface area contributed by atoms with Gasteiger partial charge in [0, 0.05) is 42.8 Å². The molecule has 0 radical (unpaired) electrons. The Labute approximate surface area is 202 Å². The number of amidine groups is 1. The third-order valence-electron chi connectivity index (χ3n) is 6.48. The first-order chi connectivity index (χ1) is 16.4. The maximum Gasteiger partial charge on any atom is 0.416 e. The van der Waals surface area contributed by atoms with Gasteiger partial charge < -0.3 is 14.7 Å². The van der Waals surface area contributed by atoms with Crippen molar-refractivity contribution in [2.24, 2.45) is 4.99 Å². The van der Waals surface area contributed by atoms with Crippen LogP contribution in [-0.4, -0.2) is 63.7 Å². The van der Waals surface area contributed by atoms with Crippen LogP contribution in [0.3, 0.4) is 0 Å². The first-order valence-corrected chi connectivity index (χ1v) is 11.7. The minimum atomic E-state index is -4.45. The number of carbonyl (C=O) groups excluding carboxylic acids is 1. The Kier molecular flexibility index (Phi) is 7.02. The predicted octanol–water partition coefficient (Wildman–Crippen LogP) is 4.05. The van der Waals surface area contributed by atoms with Gasteiger partial charge in [0.2, 0.25) is 0 Å². The largest absolute Gasteiger partial charge is 0.416 e. The second-order valence-electron chi connectivity index (χ2n) is 9.89. The zero-order chi connectivity index (χ0) is 25.4. The predicted molar refractivity (Wildman–Crippen MR) is 125 cm³/mol. The Hall–Kier alpha value is -2.78. The van der Waals surface area contributed by atoms with Gasteiger partial charge in [-0.05, 0) is 38.0 Å². The van der Waals surface area contributed by atoms with E-state index in [1.807, 2.05) is 30.3 Å². The van der Waals surface area contributed by atoms with Gasteiger partial charge in [-0.15, -0.1) is 0 Å². The molecule has 3 atom stereocenters. The minimum Gasteiger partial charge on any atom is -0.390 e. The number of halogens is 3. The van der Waals surface area contributed by atoms with Crippen molar-refractivity contribution in [1.82, 2.24) is 9.88 Å². The van der Waals surface area contributed by atoms with Crippen molar-refractivity contribution in [3.8, 4) is 0 Å². The van der Waals surface area contributed by atoms with E-state index in [4.69, 9.17) is 4.74 Å². The molecule has 1 aromatic carbocycles. The van der Waals surface area contributed by atoms with E-state index in [0.29, 0.717) is 30.2 Å². The summed E-state index contributed by atoms with van der Waals surface area (Å²) in [5.41, 5.74) is 1.92. The molecule has 188 valence electrons. The number of aromatic nitrogens is 1. The third-order valence-corrected chi connectivity index (χ3v) is 6.48. The highest BCUT2D eigenvalue weighted by atomic mass is 19.4. The van der Waals surface area contributed by atoms with Crippen molar-refractivity contribution in [2.75, 3.05) is 13.1 Å². The van der Waals surface area contributed by atoms with E-state index in [2.05, 4.69) is 9.98 Å². The Morgan fingerprint density at radius 2 is 1.94 bits per heavy atom. The lowest BCUT2D eigenvalue weighted by atomic mass is 9.80. The highest BCUT2D eigenvalue weighted by Crippen LogP contribution is 2.33. The topological polar surface area (TPSA) is 75.0 Å². The summed E-state index contributed by atoms with van der Waals surface area (Å²) in [5.74, 6) is 0.0778. The van der Waals surface area contributed by atoms with Crippen molar-refractivity contribution in [1.29, 1.82) is 0 Å². The number of hydrogen-bond acceptors (Lipinski definition) is 6. The van der Waals surface area contributed by atoms with Crippen LogP contribution >= 0.6 is 0 Å². The molecule has 35 heavy (non-hydrogen) atoms. The number of ether oxygens (including phenoxy) is 1. The Morgan fingerprint density at radius 1 is 1.23 bits per heavy atom. The molecule has 0 bridgehead atoms. The molecule has 0 spiro atoms. The number of aliphatic imine (C=N–C) groups is 1. The maximum atomic E-state index is 13.3. The van der Waals surface area contributed by atoms with Gasteiger partial charge in [-0.1, -0.05) is 30.3 Å². The Bertz CT molecular complexity index is 1100. The monoisotopic (exact) mass is 489 g/mol. The first kappa shape index (κ1) is 25.3. The van der Waals surface area contributed by atoms with E-state index in [1.54, 1.807) is 37.9 Å². The summed E-state index contributed by atoms with van der Waals surface area (Å²) in [6.45, 7) is 5.32. The smallest absolute Gasteiger partial charge is 0.390 e. The Balaban J connectivity index is 1.45. The standard InChI is InChI=1S/C26H30F3N3O3/c1-16-14-32(15-23(35-16)26(27,28)29)24-21-13-30-19(9-18(21)12-31-24)10-20(33)11-22(25(2,3)34)17-7-5-4-6-8-17/h4-9,13,16,22-23,34H,10-12,14-15H2,1-3H3/t16-,22-,23+/m0/s1. The fourth-order valence-electron chi connectivity index (χ4n) is 4.76. The van der Waals surface area contributed by atoms with Crippen molar-refractivity contribution in [3.05, 3.63) is 65.0 Å². The van der Waals surface area contributed by atoms with Gasteiger partial charge in [-0.2, -0.15) is 13.2 Å². The van der Waals surface area contributed by atoms with Crippen LogP contribution in [0.25, 0.3) is 0 Å². The number of morpholine rings is 1. The molecule has 9 heteroatoms. The average molecular weight is 490 g/mol. The lowest BCUT2D eigenvalue weighted by Gasteiger charge is -2.38.